The molecule has 1 unspecified atom stereocenters. The zero-order valence-electron chi connectivity index (χ0n) is 10.5. The number of anilines is 1. The van der Waals surface area contributed by atoms with Gasteiger partial charge in [0.15, 0.2) is 6.04 Å². The van der Waals surface area contributed by atoms with Gasteiger partial charge < -0.3 is 20.9 Å². The number of aliphatic carboxylic acids is 1. The number of ether oxygens (including phenoxy) is 1. The molecule has 1 aromatic carbocycles. The second-order valence-corrected chi connectivity index (χ2v) is 3.85. The fourth-order valence-electron chi connectivity index (χ4n) is 1.34. The molecular weight excluding hydrogens is 248 g/mol. The Balaban J connectivity index is 2.58. The third kappa shape index (κ3) is 5.22. The Kier molecular flexibility index (Phi) is 5.56. The Morgan fingerprint density at radius 2 is 2.05 bits per heavy atom. The number of methoxy groups -OCH3 is 1. The number of carboxylic acids is 1. The predicted molar refractivity (Wildman–Crippen MR) is 71.3 cm³/mol. The number of carboxylic acid groups (broad SMARTS) is 1. The molecule has 1 rings (SSSR count). The van der Waals surface area contributed by atoms with Crippen LogP contribution in [-0.2, 0) is 14.3 Å². The minimum atomic E-state index is -1.14. The van der Waals surface area contributed by atoms with Crippen LogP contribution in [0, 0.1) is 0 Å². The second kappa shape index (κ2) is 7.17. The highest BCUT2D eigenvalue weighted by Crippen LogP contribution is 2.06. The van der Waals surface area contributed by atoms with Crippen molar-refractivity contribution in [2.24, 2.45) is 0 Å². The monoisotopic (exact) mass is 264 g/mol. The first-order chi connectivity index (χ1) is 9.02. The molecule has 6 nitrogen and oxygen atoms in total. The number of hydrogen-bond donors (Lipinski definition) is 3. The molecule has 0 heterocycles. The molecule has 4 N–H and O–H groups in total. The van der Waals surface area contributed by atoms with E-state index in [1.165, 1.54) is 13.2 Å². The third-order valence-electron chi connectivity index (χ3n) is 2.31. The average molecular weight is 264 g/mol. The van der Waals surface area contributed by atoms with Gasteiger partial charge in [-0.15, -0.1) is 0 Å². The molecule has 102 valence electrons. The predicted octanol–water partition coefficient (Wildman–Crippen LogP) is 0.498. The Morgan fingerprint density at radius 3 is 2.58 bits per heavy atom. The van der Waals surface area contributed by atoms with Crippen molar-refractivity contribution in [1.82, 2.24) is 5.32 Å². The number of rotatable bonds is 6. The van der Waals surface area contributed by atoms with E-state index < -0.39 is 17.9 Å². The molecule has 1 atom stereocenters. The van der Waals surface area contributed by atoms with E-state index in [9.17, 15) is 9.59 Å². The molecule has 0 saturated heterocycles. The fraction of sp³-hybridized carbons (Fsp3) is 0.231. The van der Waals surface area contributed by atoms with Gasteiger partial charge in [0.25, 0.3) is 0 Å². The van der Waals surface area contributed by atoms with Gasteiger partial charge in [0.2, 0.25) is 5.91 Å². The van der Waals surface area contributed by atoms with Crippen LogP contribution in [0.25, 0.3) is 6.08 Å². The number of nitrogens with two attached hydrogens (primary N) is 1. The zero-order valence-corrected chi connectivity index (χ0v) is 10.5. The van der Waals surface area contributed by atoms with Crippen LogP contribution < -0.4 is 11.1 Å². The minimum absolute atomic E-state index is 0.0865. The van der Waals surface area contributed by atoms with Gasteiger partial charge in [0, 0.05) is 18.9 Å². The Morgan fingerprint density at radius 1 is 1.42 bits per heavy atom. The lowest BCUT2D eigenvalue weighted by atomic mass is 10.2. The van der Waals surface area contributed by atoms with Crippen LogP contribution in [0.2, 0.25) is 0 Å². The lowest BCUT2D eigenvalue weighted by Crippen LogP contribution is -2.43. The van der Waals surface area contributed by atoms with Crippen LogP contribution >= 0.6 is 0 Å². The molecule has 0 aliphatic heterocycles. The maximum Gasteiger partial charge on any atom is 0.328 e. The first-order valence-electron chi connectivity index (χ1n) is 5.59. The lowest BCUT2D eigenvalue weighted by Gasteiger charge is -2.11. The summed E-state index contributed by atoms with van der Waals surface area (Å²) in [5.41, 5.74) is 6.96. The van der Waals surface area contributed by atoms with Crippen molar-refractivity contribution in [1.29, 1.82) is 0 Å². The summed E-state index contributed by atoms with van der Waals surface area (Å²) in [5.74, 6) is -1.64. The van der Waals surface area contributed by atoms with Gasteiger partial charge in [0.05, 0.1) is 6.61 Å². The SMILES string of the molecule is COCC(NC(=O)/C=C/c1ccc(N)cc1)C(=O)O. The normalized spacial score (nSPS) is 12.3. The van der Waals surface area contributed by atoms with E-state index in [1.807, 2.05) is 0 Å². The molecule has 1 aromatic rings. The van der Waals surface area contributed by atoms with E-state index in [1.54, 1.807) is 30.3 Å². The van der Waals surface area contributed by atoms with E-state index >= 15 is 0 Å². The number of carbonyl (C=O) groups is 2. The minimum Gasteiger partial charge on any atom is -0.480 e. The van der Waals surface area contributed by atoms with Crippen LogP contribution in [0.5, 0.6) is 0 Å². The van der Waals surface area contributed by atoms with Gasteiger partial charge in [-0.2, -0.15) is 0 Å². The van der Waals surface area contributed by atoms with Gasteiger partial charge in [-0.3, -0.25) is 4.79 Å². The summed E-state index contributed by atoms with van der Waals surface area (Å²) in [6.45, 7) is -0.0865. The molecule has 0 spiro atoms. The molecule has 0 saturated carbocycles. The number of hydrogen-bond acceptors (Lipinski definition) is 4. The van der Waals surface area contributed by atoms with Crippen molar-refractivity contribution in [3.8, 4) is 0 Å². The maximum atomic E-state index is 11.5. The number of carbonyl (C=O) groups excluding carboxylic acids is 1. The largest absolute Gasteiger partial charge is 0.480 e. The molecule has 0 aromatic heterocycles. The smallest absolute Gasteiger partial charge is 0.328 e. The molecule has 0 aliphatic carbocycles. The topological polar surface area (TPSA) is 102 Å². The van der Waals surface area contributed by atoms with Crippen molar-refractivity contribution >= 4 is 23.6 Å². The van der Waals surface area contributed by atoms with Crippen LogP contribution in [0.4, 0.5) is 5.69 Å². The molecule has 19 heavy (non-hydrogen) atoms. The number of nitrogen functional groups attached to an aromatic ring is 1. The maximum absolute atomic E-state index is 11.5. The molecule has 0 aliphatic rings. The summed E-state index contributed by atoms with van der Waals surface area (Å²) >= 11 is 0. The van der Waals surface area contributed by atoms with Gasteiger partial charge >= 0.3 is 5.97 Å². The van der Waals surface area contributed by atoms with E-state index in [2.05, 4.69) is 5.32 Å². The highest BCUT2D eigenvalue weighted by atomic mass is 16.5. The van der Waals surface area contributed by atoms with Crippen molar-refractivity contribution in [2.45, 2.75) is 6.04 Å². The molecule has 0 fully saturated rings. The summed E-state index contributed by atoms with van der Waals surface area (Å²) in [6, 6.07) is 5.87. The zero-order chi connectivity index (χ0) is 14.3. The van der Waals surface area contributed by atoms with Crippen molar-refractivity contribution in [3.63, 3.8) is 0 Å². The van der Waals surface area contributed by atoms with Crippen LogP contribution in [-0.4, -0.2) is 36.7 Å². The number of nitrogens with one attached hydrogen (secondary N) is 1. The Hall–Kier alpha value is -2.34. The molecule has 6 heteroatoms. The summed E-state index contributed by atoms with van der Waals surface area (Å²) in [6.07, 6.45) is 2.83. The molecular formula is C13H16N2O4. The average Bonchev–Trinajstić information content (AvgIpc) is 2.37. The van der Waals surface area contributed by atoms with Crippen LogP contribution in [0.15, 0.2) is 30.3 Å². The van der Waals surface area contributed by atoms with Crippen molar-refractivity contribution in [2.75, 3.05) is 19.5 Å². The van der Waals surface area contributed by atoms with E-state index in [0.717, 1.165) is 5.56 Å². The standard InChI is InChI=1S/C13H16N2O4/c1-19-8-11(13(17)18)15-12(16)7-4-9-2-5-10(14)6-3-9/h2-7,11H,8,14H2,1H3,(H,15,16)(H,17,18)/b7-4+. The first-order valence-corrected chi connectivity index (χ1v) is 5.59. The lowest BCUT2D eigenvalue weighted by molar-refractivity contribution is -0.142. The molecule has 1 amide bonds. The fourth-order valence-corrected chi connectivity index (χ4v) is 1.34. The van der Waals surface area contributed by atoms with E-state index in [-0.39, 0.29) is 6.61 Å². The van der Waals surface area contributed by atoms with Crippen molar-refractivity contribution in [3.05, 3.63) is 35.9 Å². The van der Waals surface area contributed by atoms with E-state index in [4.69, 9.17) is 15.6 Å². The first kappa shape index (κ1) is 14.7. The summed E-state index contributed by atoms with van der Waals surface area (Å²) < 4.78 is 4.71. The number of benzene rings is 1. The highest BCUT2D eigenvalue weighted by Gasteiger charge is 2.18. The van der Waals surface area contributed by atoms with Crippen LogP contribution in [0.3, 0.4) is 0 Å². The van der Waals surface area contributed by atoms with Gasteiger partial charge in [-0.1, -0.05) is 12.1 Å². The van der Waals surface area contributed by atoms with Gasteiger partial charge in [-0.25, -0.2) is 4.79 Å². The molecule has 0 radical (unpaired) electrons. The number of amides is 1. The summed E-state index contributed by atoms with van der Waals surface area (Å²) in [4.78, 5) is 22.3. The Bertz CT molecular complexity index is 468. The van der Waals surface area contributed by atoms with E-state index in [0.29, 0.717) is 5.69 Å². The Labute approximate surface area is 110 Å². The third-order valence-corrected chi connectivity index (χ3v) is 2.31. The summed E-state index contributed by atoms with van der Waals surface area (Å²) in [5, 5.41) is 11.2. The quantitative estimate of drug-likeness (QED) is 0.513. The second-order valence-electron chi connectivity index (χ2n) is 3.85. The van der Waals surface area contributed by atoms with Gasteiger partial charge in [0.1, 0.15) is 0 Å². The molecule has 0 bridgehead atoms. The van der Waals surface area contributed by atoms with Crippen molar-refractivity contribution < 1.29 is 19.4 Å². The van der Waals surface area contributed by atoms with Crippen LogP contribution in [0.1, 0.15) is 5.56 Å². The highest BCUT2D eigenvalue weighted by molar-refractivity contribution is 5.94. The summed E-state index contributed by atoms with van der Waals surface area (Å²) in [7, 11) is 1.37. The van der Waals surface area contributed by atoms with Gasteiger partial charge in [-0.05, 0) is 23.8 Å².